The summed E-state index contributed by atoms with van der Waals surface area (Å²) in [6.07, 6.45) is -0.673. The highest BCUT2D eigenvalue weighted by Gasteiger charge is 2.33. The average molecular weight is 311 g/mol. The predicted octanol–water partition coefficient (Wildman–Crippen LogP) is 2.26. The molecule has 1 aliphatic rings. The van der Waals surface area contributed by atoms with Crippen LogP contribution in [0.1, 0.15) is 18.6 Å². The Morgan fingerprint density at radius 3 is 2.72 bits per heavy atom. The minimum absolute atomic E-state index is 0.0364. The first kappa shape index (κ1) is 13.5. The Morgan fingerprint density at radius 2 is 2.17 bits per heavy atom. The second kappa shape index (κ2) is 4.60. The van der Waals surface area contributed by atoms with Crippen LogP contribution in [0.15, 0.2) is 17.0 Å². The number of ether oxygens (including phenoxy) is 2. The zero-order valence-corrected chi connectivity index (χ0v) is 11.5. The summed E-state index contributed by atoms with van der Waals surface area (Å²) >= 11 is 5.82. The molecule has 98 valence electrons. The lowest BCUT2D eigenvalue weighted by Gasteiger charge is -2.09. The first-order valence-electron chi connectivity index (χ1n) is 4.87. The maximum atomic E-state index is 11.4. The summed E-state index contributed by atoms with van der Waals surface area (Å²) in [5.74, 6) is -0.410. The minimum Gasteiger partial charge on any atom is -0.487 e. The Morgan fingerprint density at radius 1 is 1.50 bits per heavy atom. The largest absolute Gasteiger partial charge is 0.487 e. The van der Waals surface area contributed by atoms with Gasteiger partial charge in [0.15, 0.2) is 6.10 Å². The molecule has 0 radical (unpaired) electrons. The van der Waals surface area contributed by atoms with Crippen molar-refractivity contribution in [2.24, 2.45) is 0 Å². The Hall–Kier alpha value is -0.980. The summed E-state index contributed by atoms with van der Waals surface area (Å²) in [4.78, 5) is 10.7. The fourth-order valence-corrected chi connectivity index (χ4v) is 3.01. The van der Waals surface area contributed by atoms with E-state index in [1.165, 1.54) is 19.1 Å². The van der Waals surface area contributed by atoms with E-state index in [9.17, 15) is 13.2 Å². The molecule has 0 unspecified atom stereocenters. The van der Waals surface area contributed by atoms with Crippen LogP contribution in [0.25, 0.3) is 0 Å². The van der Waals surface area contributed by atoms with E-state index in [1.807, 2.05) is 0 Å². The number of fused-ring (bicyclic) bond motifs is 1. The molecule has 0 aliphatic carbocycles. The van der Waals surface area contributed by atoms with E-state index >= 15 is 0 Å². The molecule has 18 heavy (non-hydrogen) atoms. The lowest BCUT2D eigenvalue weighted by molar-refractivity contribution is -0.147. The average Bonchev–Trinajstić information content (AvgIpc) is 2.58. The van der Waals surface area contributed by atoms with E-state index in [2.05, 4.69) is 0 Å². The van der Waals surface area contributed by atoms with Crippen molar-refractivity contribution >= 4 is 37.3 Å². The van der Waals surface area contributed by atoms with Crippen molar-refractivity contribution in [1.29, 1.82) is 0 Å². The van der Waals surface area contributed by atoms with Gasteiger partial charge >= 0.3 is 5.97 Å². The molecular formula is C10H8Cl2O5S. The maximum Gasteiger partial charge on any atom is 0.303 e. The molecule has 0 spiro atoms. The van der Waals surface area contributed by atoms with E-state index < -0.39 is 21.1 Å². The molecule has 5 nitrogen and oxygen atoms in total. The Balaban J connectivity index is 2.55. The minimum atomic E-state index is -3.98. The van der Waals surface area contributed by atoms with Crippen molar-refractivity contribution < 1.29 is 22.7 Å². The molecule has 1 aliphatic heterocycles. The molecular weight excluding hydrogens is 303 g/mol. The van der Waals surface area contributed by atoms with Gasteiger partial charge in [0.25, 0.3) is 9.05 Å². The summed E-state index contributed by atoms with van der Waals surface area (Å²) in [6, 6.07) is 2.68. The van der Waals surface area contributed by atoms with Crippen LogP contribution in [0.3, 0.4) is 0 Å². The van der Waals surface area contributed by atoms with Gasteiger partial charge in [-0.15, -0.1) is 0 Å². The van der Waals surface area contributed by atoms with Gasteiger partial charge in [-0.3, -0.25) is 4.79 Å². The van der Waals surface area contributed by atoms with Crippen LogP contribution in [0.4, 0.5) is 0 Å². The summed E-state index contributed by atoms with van der Waals surface area (Å²) in [6.45, 7) is 1.29. The number of carbonyl (C=O) groups is 1. The van der Waals surface area contributed by atoms with E-state index in [-0.39, 0.29) is 22.3 Å². The SMILES string of the molecule is CC(=O)O[C@H]1COc2c1cc(Cl)cc2S(=O)(=O)Cl. The second-order valence-corrected chi connectivity index (χ2v) is 6.64. The zero-order chi connectivity index (χ0) is 13.5. The Bertz CT molecular complexity index is 611. The molecule has 0 bridgehead atoms. The molecule has 1 aromatic rings. The van der Waals surface area contributed by atoms with Crippen LogP contribution in [0.5, 0.6) is 5.75 Å². The Kier molecular flexibility index (Phi) is 3.44. The van der Waals surface area contributed by atoms with Crippen molar-refractivity contribution in [3.63, 3.8) is 0 Å². The van der Waals surface area contributed by atoms with Crippen molar-refractivity contribution in [3.05, 3.63) is 22.7 Å². The highest BCUT2D eigenvalue weighted by atomic mass is 35.7. The summed E-state index contributed by atoms with van der Waals surface area (Å²) in [5.41, 5.74) is 0.400. The highest BCUT2D eigenvalue weighted by Crippen LogP contribution is 2.42. The number of hydrogen-bond donors (Lipinski definition) is 0. The molecule has 1 atom stereocenters. The fraction of sp³-hybridized carbons (Fsp3) is 0.300. The topological polar surface area (TPSA) is 69.7 Å². The predicted molar refractivity (Wildman–Crippen MR) is 64.5 cm³/mol. The smallest absolute Gasteiger partial charge is 0.303 e. The third kappa shape index (κ3) is 2.55. The molecule has 8 heteroatoms. The van der Waals surface area contributed by atoms with Gasteiger partial charge in [-0.25, -0.2) is 8.42 Å². The molecule has 0 saturated carbocycles. The molecule has 1 aromatic carbocycles. The summed E-state index contributed by atoms with van der Waals surface area (Å²) < 4.78 is 33.0. The van der Waals surface area contributed by atoms with E-state index in [4.69, 9.17) is 31.8 Å². The van der Waals surface area contributed by atoms with Crippen molar-refractivity contribution in [3.8, 4) is 5.75 Å². The number of esters is 1. The maximum absolute atomic E-state index is 11.4. The molecule has 0 saturated heterocycles. The molecule has 0 amide bonds. The van der Waals surface area contributed by atoms with Gasteiger partial charge in [0.1, 0.15) is 17.3 Å². The van der Waals surface area contributed by atoms with Crippen LogP contribution in [-0.4, -0.2) is 21.0 Å². The summed E-state index contributed by atoms with van der Waals surface area (Å²) in [5, 5.41) is 0.177. The first-order chi connectivity index (χ1) is 8.29. The number of halogens is 2. The van der Waals surface area contributed by atoms with Crippen LogP contribution < -0.4 is 4.74 Å². The van der Waals surface area contributed by atoms with E-state index in [0.717, 1.165) is 0 Å². The monoisotopic (exact) mass is 310 g/mol. The van der Waals surface area contributed by atoms with Gasteiger partial charge < -0.3 is 9.47 Å². The van der Waals surface area contributed by atoms with Crippen molar-refractivity contribution in [2.75, 3.05) is 6.61 Å². The van der Waals surface area contributed by atoms with Gasteiger partial charge in [-0.1, -0.05) is 11.6 Å². The van der Waals surface area contributed by atoms with E-state index in [0.29, 0.717) is 5.56 Å². The van der Waals surface area contributed by atoms with Gasteiger partial charge in [-0.2, -0.15) is 0 Å². The first-order valence-corrected chi connectivity index (χ1v) is 7.56. The van der Waals surface area contributed by atoms with Gasteiger partial charge in [0.2, 0.25) is 0 Å². The lowest BCUT2D eigenvalue weighted by Crippen LogP contribution is -2.09. The lowest BCUT2D eigenvalue weighted by atomic mass is 10.1. The van der Waals surface area contributed by atoms with E-state index in [1.54, 1.807) is 0 Å². The van der Waals surface area contributed by atoms with Crippen molar-refractivity contribution in [2.45, 2.75) is 17.9 Å². The number of rotatable bonds is 2. The zero-order valence-electron chi connectivity index (χ0n) is 9.14. The number of hydrogen-bond acceptors (Lipinski definition) is 5. The standard InChI is InChI=1S/C10H8Cl2O5S/c1-5(13)17-8-4-16-10-7(8)2-6(11)3-9(10)18(12,14)15/h2-3,8H,4H2,1H3/t8-/m0/s1. The van der Waals surface area contributed by atoms with Crippen LogP contribution in [-0.2, 0) is 18.6 Å². The number of carbonyl (C=O) groups excluding carboxylic acids is 1. The van der Waals surface area contributed by atoms with Gasteiger partial charge in [0, 0.05) is 28.2 Å². The van der Waals surface area contributed by atoms with Crippen LogP contribution >= 0.6 is 22.3 Å². The molecule has 1 heterocycles. The molecule has 2 rings (SSSR count). The fourth-order valence-electron chi connectivity index (χ4n) is 1.71. The molecule has 0 N–H and O–H groups in total. The van der Waals surface area contributed by atoms with Crippen LogP contribution in [0.2, 0.25) is 5.02 Å². The molecule has 0 aromatic heterocycles. The van der Waals surface area contributed by atoms with Gasteiger partial charge in [-0.05, 0) is 12.1 Å². The third-order valence-electron chi connectivity index (χ3n) is 2.35. The molecule has 0 fully saturated rings. The quantitative estimate of drug-likeness (QED) is 0.619. The second-order valence-electron chi connectivity index (χ2n) is 3.67. The number of benzene rings is 1. The van der Waals surface area contributed by atoms with Crippen molar-refractivity contribution in [1.82, 2.24) is 0 Å². The van der Waals surface area contributed by atoms with Gasteiger partial charge in [0.05, 0.1) is 0 Å². The third-order valence-corrected chi connectivity index (χ3v) is 3.89. The normalized spacial score (nSPS) is 18.1. The highest BCUT2D eigenvalue weighted by molar-refractivity contribution is 8.13. The Labute approximate surface area is 113 Å². The van der Waals surface area contributed by atoms with Crippen LogP contribution in [0, 0.1) is 0 Å². The summed E-state index contributed by atoms with van der Waals surface area (Å²) in [7, 11) is 1.31.